The van der Waals surface area contributed by atoms with Crippen molar-refractivity contribution in [3.8, 4) is 0 Å². The zero-order valence-electron chi connectivity index (χ0n) is 11.3. The van der Waals surface area contributed by atoms with Crippen molar-refractivity contribution in [3.05, 3.63) is 4.88 Å². The Morgan fingerprint density at radius 1 is 1.47 bits per heavy atom. The van der Waals surface area contributed by atoms with Crippen LogP contribution in [0, 0.1) is 5.92 Å². The van der Waals surface area contributed by atoms with Gasteiger partial charge in [-0.05, 0) is 12.3 Å². The standard InChI is InChI=1S/C12H18N2O3S2/c1-7-4-5-14(6-7)12-11(19(3,16)17)9(13)10(18-12)8(2)15/h7H,4-6,13H2,1-3H3. The Bertz CT molecular complexity index is 619. The second-order valence-corrected chi connectivity index (χ2v) is 8.10. The molecule has 1 atom stereocenters. The molecule has 0 saturated carbocycles. The van der Waals surface area contributed by atoms with E-state index in [1.54, 1.807) is 0 Å². The predicted octanol–water partition coefficient (Wildman–Crippen LogP) is 1.78. The molecule has 5 nitrogen and oxygen atoms in total. The average molecular weight is 302 g/mol. The summed E-state index contributed by atoms with van der Waals surface area (Å²) in [5.74, 6) is 0.336. The Morgan fingerprint density at radius 2 is 2.11 bits per heavy atom. The number of carbonyl (C=O) groups is 1. The third-order valence-corrected chi connectivity index (χ3v) is 5.94. The molecule has 0 aliphatic carbocycles. The third-order valence-electron chi connectivity index (χ3n) is 3.28. The van der Waals surface area contributed by atoms with Gasteiger partial charge < -0.3 is 10.6 Å². The average Bonchev–Trinajstić information content (AvgIpc) is 2.80. The number of anilines is 2. The summed E-state index contributed by atoms with van der Waals surface area (Å²) in [4.78, 5) is 14.0. The molecule has 0 radical (unpaired) electrons. The highest BCUT2D eigenvalue weighted by Crippen LogP contribution is 2.43. The lowest BCUT2D eigenvalue weighted by Crippen LogP contribution is -2.20. The molecule has 2 heterocycles. The molecule has 7 heteroatoms. The Balaban J connectivity index is 2.59. The van der Waals surface area contributed by atoms with Gasteiger partial charge in [0, 0.05) is 26.3 Å². The number of hydrogen-bond donors (Lipinski definition) is 1. The topological polar surface area (TPSA) is 80.5 Å². The smallest absolute Gasteiger partial charge is 0.180 e. The molecular formula is C12H18N2O3S2. The Labute approximate surface area is 117 Å². The highest BCUT2D eigenvalue weighted by Gasteiger charge is 2.31. The van der Waals surface area contributed by atoms with Crippen molar-refractivity contribution in [2.45, 2.75) is 25.2 Å². The number of nitrogens with zero attached hydrogens (tertiary/aromatic N) is 1. The van der Waals surface area contributed by atoms with E-state index >= 15 is 0 Å². The minimum absolute atomic E-state index is 0.106. The fourth-order valence-electron chi connectivity index (χ4n) is 2.36. The Hall–Kier alpha value is -1.08. The van der Waals surface area contributed by atoms with Crippen molar-refractivity contribution < 1.29 is 13.2 Å². The van der Waals surface area contributed by atoms with Crippen LogP contribution in [-0.4, -0.2) is 33.5 Å². The molecule has 1 aromatic rings. The van der Waals surface area contributed by atoms with Crippen molar-refractivity contribution in [3.63, 3.8) is 0 Å². The van der Waals surface area contributed by atoms with Crippen molar-refractivity contribution in [2.75, 3.05) is 30.0 Å². The Kier molecular flexibility index (Phi) is 3.61. The SMILES string of the molecule is CC(=O)c1sc(N2CCC(C)C2)c(S(C)(=O)=O)c1N. The predicted molar refractivity (Wildman–Crippen MR) is 77.8 cm³/mol. The van der Waals surface area contributed by atoms with E-state index in [1.807, 2.05) is 4.90 Å². The van der Waals surface area contributed by atoms with Crippen molar-refractivity contribution in [1.82, 2.24) is 0 Å². The highest BCUT2D eigenvalue weighted by molar-refractivity contribution is 7.91. The van der Waals surface area contributed by atoms with Gasteiger partial charge in [-0.1, -0.05) is 6.92 Å². The molecule has 1 aromatic heterocycles. The summed E-state index contributed by atoms with van der Waals surface area (Å²) in [7, 11) is -3.44. The fourth-order valence-corrected chi connectivity index (χ4v) is 5.00. The molecule has 0 bridgehead atoms. The first kappa shape index (κ1) is 14.3. The van der Waals surface area contributed by atoms with Crippen LogP contribution >= 0.6 is 11.3 Å². The third kappa shape index (κ3) is 2.62. The van der Waals surface area contributed by atoms with Gasteiger partial charge in [-0.15, -0.1) is 11.3 Å². The molecular weight excluding hydrogens is 284 g/mol. The van der Waals surface area contributed by atoms with Crippen LogP contribution in [0.25, 0.3) is 0 Å². The summed E-state index contributed by atoms with van der Waals surface area (Å²) < 4.78 is 23.9. The molecule has 1 saturated heterocycles. The van der Waals surface area contributed by atoms with Crippen LogP contribution in [0.5, 0.6) is 0 Å². The second kappa shape index (κ2) is 4.79. The maximum absolute atomic E-state index is 11.9. The van der Waals surface area contributed by atoms with Crippen molar-refractivity contribution in [2.24, 2.45) is 5.92 Å². The van der Waals surface area contributed by atoms with Gasteiger partial charge in [0.25, 0.3) is 0 Å². The quantitative estimate of drug-likeness (QED) is 0.861. The molecule has 2 rings (SSSR count). The molecule has 1 aliphatic heterocycles. The van der Waals surface area contributed by atoms with E-state index in [-0.39, 0.29) is 16.4 Å². The van der Waals surface area contributed by atoms with Gasteiger partial charge in [-0.25, -0.2) is 8.42 Å². The maximum atomic E-state index is 11.9. The molecule has 19 heavy (non-hydrogen) atoms. The number of thiophene rings is 1. The minimum Gasteiger partial charge on any atom is -0.396 e. The lowest BCUT2D eigenvalue weighted by molar-refractivity contribution is 0.102. The van der Waals surface area contributed by atoms with Crippen LogP contribution in [0.3, 0.4) is 0 Å². The summed E-state index contributed by atoms with van der Waals surface area (Å²) in [6.45, 7) is 5.15. The molecule has 1 fully saturated rings. The van der Waals surface area contributed by atoms with Crippen LogP contribution in [0.4, 0.5) is 10.7 Å². The number of ketones is 1. The number of nitrogen functional groups attached to an aromatic ring is 1. The van der Waals surface area contributed by atoms with E-state index in [2.05, 4.69) is 6.92 Å². The zero-order chi connectivity index (χ0) is 14.4. The van der Waals surface area contributed by atoms with E-state index in [4.69, 9.17) is 5.73 Å². The largest absolute Gasteiger partial charge is 0.396 e. The monoisotopic (exact) mass is 302 g/mol. The summed E-state index contributed by atoms with van der Waals surface area (Å²) in [5, 5.41) is 0.620. The van der Waals surface area contributed by atoms with Crippen molar-refractivity contribution in [1.29, 1.82) is 0 Å². The minimum atomic E-state index is -3.44. The normalized spacial score (nSPS) is 19.9. The van der Waals surface area contributed by atoms with Gasteiger partial charge in [0.15, 0.2) is 15.6 Å². The molecule has 106 valence electrons. The summed E-state index contributed by atoms with van der Waals surface area (Å²) in [6.07, 6.45) is 2.16. The van der Waals surface area contributed by atoms with E-state index in [0.717, 1.165) is 25.8 Å². The number of rotatable bonds is 3. The molecule has 0 spiro atoms. The van der Waals surface area contributed by atoms with E-state index in [0.29, 0.717) is 15.8 Å². The summed E-state index contributed by atoms with van der Waals surface area (Å²) >= 11 is 1.19. The number of nitrogens with two attached hydrogens (primary N) is 1. The number of sulfone groups is 1. The zero-order valence-corrected chi connectivity index (χ0v) is 12.9. The van der Waals surface area contributed by atoms with Crippen LogP contribution in [0.15, 0.2) is 4.90 Å². The number of Topliss-reactive ketones (excluding diaryl/α,β-unsaturated/α-hetero) is 1. The van der Waals surface area contributed by atoms with Gasteiger partial charge in [-0.2, -0.15) is 0 Å². The van der Waals surface area contributed by atoms with Crippen LogP contribution in [0.1, 0.15) is 29.9 Å². The van der Waals surface area contributed by atoms with Crippen LogP contribution in [-0.2, 0) is 9.84 Å². The number of carbonyl (C=O) groups excluding carboxylic acids is 1. The lowest BCUT2D eigenvalue weighted by Gasteiger charge is -2.17. The molecule has 1 unspecified atom stereocenters. The summed E-state index contributed by atoms with van der Waals surface area (Å²) in [5.41, 5.74) is 5.98. The van der Waals surface area contributed by atoms with Gasteiger partial charge >= 0.3 is 0 Å². The van der Waals surface area contributed by atoms with Crippen molar-refractivity contribution >= 4 is 37.6 Å². The van der Waals surface area contributed by atoms with Gasteiger partial charge in [0.1, 0.15) is 9.90 Å². The van der Waals surface area contributed by atoms with Gasteiger partial charge in [0.2, 0.25) is 0 Å². The second-order valence-electron chi connectivity index (χ2n) is 5.15. The van der Waals surface area contributed by atoms with Crippen LogP contribution in [0.2, 0.25) is 0 Å². The first-order valence-electron chi connectivity index (χ1n) is 6.10. The van der Waals surface area contributed by atoms with Gasteiger partial charge in [0.05, 0.1) is 10.6 Å². The van der Waals surface area contributed by atoms with E-state index in [1.165, 1.54) is 18.3 Å². The maximum Gasteiger partial charge on any atom is 0.180 e. The molecule has 2 N–H and O–H groups in total. The highest BCUT2D eigenvalue weighted by atomic mass is 32.2. The first-order chi connectivity index (χ1) is 8.71. The molecule has 0 amide bonds. The van der Waals surface area contributed by atoms with E-state index in [9.17, 15) is 13.2 Å². The molecule has 1 aliphatic rings. The first-order valence-corrected chi connectivity index (χ1v) is 8.80. The summed E-state index contributed by atoms with van der Waals surface area (Å²) in [6, 6.07) is 0. The number of hydrogen-bond acceptors (Lipinski definition) is 6. The van der Waals surface area contributed by atoms with E-state index < -0.39 is 9.84 Å². The fraction of sp³-hybridized carbons (Fsp3) is 0.583. The Morgan fingerprint density at radius 3 is 2.53 bits per heavy atom. The molecule has 0 aromatic carbocycles. The lowest BCUT2D eigenvalue weighted by atomic mass is 10.2. The van der Waals surface area contributed by atoms with Crippen LogP contribution < -0.4 is 10.6 Å². The van der Waals surface area contributed by atoms with Gasteiger partial charge in [-0.3, -0.25) is 4.79 Å².